The molecule has 1 saturated heterocycles. The van der Waals surface area contributed by atoms with Crippen LogP contribution in [0.1, 0.15) is 36.7 Å². The first-order valence-corrected chi connectivity index (χ1v) is 7.93. The van der Waals surface area contributed by atoms with E-state index in [1.807, 2.05) is 6.07 Å². The summed E-state index contributed by atoms with van der Waals surface area (Å²) in [7, 11) is 0. The normalized spacial score (nSPS) is 14.8. The van der Waals surface area contributed by atoms with E-state index in [-0.39, 0.29) is 5.91 Å². The van der Waals surface area contributed by atoms with E-state index >= 15 is 0 Å². The zero-order valence-corrected chi connectivity index (χ0v) is 13.1. The van der Waals surface area contributed by atoms with Gasteiger partial charge in [-0.3, -0.25) is 9.59 Å². The molecule has 0 radical (unpaired) electrons. The van der Waals surface area contributed by atoms with E-state index in [0.29, 0.717) is 12.2 Å². The second-order valence-electron chi connectivity index (χ2n) is 5.49. The van der Waals surface area contributed by atoms with Gasteiger partial charge in [0.05, 0.1) is 11.9 Å². The number of rotatable bonds is 7. The summed E-state index contributed by atoms with van der Waals surface area (Å²) in [6.07, 6.45) is 5.89. The molecular formula is C16H24N4O2. The van der Waals surface area contributed by atoms with Crippen LogP contribution in [0.25, 0.3) is 0 Å². The molecule has 0 saturated carbocycles. The Labute approximate surface area is 131 Å². The predicted octanol–water partition coefficient (Wildman–Crippen LogP) is 1.28. The number of amides is 2. The fourth-order valence-corrected chi connectivity index (χ4v) is 2.46. The summed E-state index contributed by atoms with van der Waals surface area (Å²) in [6, 6.07) is 3.68. The van der Waals surface area contributed by atoms with Crippen LogP contribution in [0.2, 0.25) is 0 Å². The second-order valence-corrected chi connectivity index (χ2v) is 5.49. The molecule has 0 atom stereocenters. The highest BCUT2D eigenvalue weighted by atomic mass is 16.2. The Balaban J connectivity index is 1.85. The van der Waals surface area contributed by atoms with Gasteiger partial charge in [-0.05, 0) is 18.6 Å². The zero-order chi connectivity index (χ0) is 15.8. The molecule has 2 rings (SSSR count). The topological polar surface area (TPSA) is 65.5 Å². The first-order chi connectivity index (χ1) is 10.7. The van der Waals surface area contributed by atoms with Crippen molar-refractivity contribution >= 4 is 18.0 Å². The van der Waals surface area contributed by atoms with Gasteiger partial charge in [0.2, 0.25) is 6.41 Å². The Morgan fingerprint density at radius 2 is 2.05 bits per heavy atom. The van der Waals surface area contributed by atoms with Crippen LogP contribution < -0.4 is 10.2 Å². The predicted molar refractivity (Wildman–Crippen MR) is 85.9 cm³/mol. The molecule has 0 spiro atoms. The molecule has 1 aliphatic heterocycles. The van der Waals surface area contributed by atoms with E-state index in [1.54, 1.807) is 17.2 Å². The van der Waals surface area contributed by atoms with E-state index in [2.05, 4.69) is 22.1 Å². The van der Waals surface area contributed by atoms with E-state index in [0.717, 1.165) is 57.5 Å². The molecule has 0 aliphatic carbocycles. The van der Waals surface area contributed by atoms with Gasteiger partial charge in [-0.1, -0.05) is 19.8 Å². The van der Waals surface area contributed by atoms with Crippen LogP contribution in [-0.4, -0.2) is 54.9 Å². The van der Waals surface area contributed by atoms with Crippen molar-refractivity contribution in [1.29, 1.82) is 0 Å². The maximum Gasteiger partial charge on any atom is 0.269 e. The molecule has 1 N–H and O–H groups in total. The number of anilines is 1. The van der Waals surface area contributed by atoms with Crippen molar-refractivity contribution in [1.82, 2.24) is 15.2 Å². The first-order valence-electron chi connectivity index (χ1n) is 7.93. The number of piperazine rings is 1. The second kappa shape index (κ2) is 8.36. The molecule has 1 aromatic heterocycles. The van der Waals surface area contributed by atoms with Crippen molar-refractivity contribution < 1.29 is 9.59 Å². The molecule has 22 heavy (non-hydrogen) atoms. The number of aromatic nitrogens is 1. The molecular weight excluding hydrogens is 280 g/mol. The molecule has 2 amide bonds. The maximum absolute atomic E-state index is 11.9. The minimum absolute atomic E-state index is 0.117. The largest absolute Gasteiger partial charge is 0.367 e. The number of unbranched alkanes of at least 4 members (excludes halogenated alkanes) is 2. The van der Waals surface area contributed by atoms with E-state index in [1.165, 1.54) is 0 Å². The van der Waals surface area contributed by atoms with Crippen molar-refractivity contribution in [2.24, 2.45) is 0 Å². The number of pyridine rings is 1. The van der Waals surface area contributed by atoms with Gasteiger partial charge in [0.25, 0.3) is 5.91 Å². The molecule has 2 heterocycles. The zero-order valence-electron chi connectivity index (χ0n) is 13.1. The van der Waals surface area contributed by atoms with Crippen LogP contribution in [0.3, 0.4) is 0 Å². The summed E-state index contributed by atoms with van der Waals surface area (Å²) in [5.74, 6) is -0.117. The SMILES string of the molecule is CCCCCNC(=O)c1ccc(N2CCN(C=O)CC2)cn1. The third-order valence-corrected chi connectivity index (χ3v) is 3.87. The smallest absolute Gasteiger partial charge is 0.269 e. The summed E-state index contributed by atoms with van der Waals surface area (Å²) < 4.78 is 0. The van der Waals surface area contributed by atoms with Crippen LogP contribution >= 0.6 is 0 Å². The molecule has 6 nitrogen and oxygen atoms in total. The van der Waals surface area contributed by atoms with Crippen molar-refractivity contribution in [3.05, 3.63) is 24.0 Å². The fraction of sp³-hybridized carbons (Fsp3) is 0.562. The van der Waals surface area contributed by atoms with Gasteiger partial charge < -0.3 is 15.1 Å². The van der Waals surface area contributed by atoms with E-state index in [4.69, 9.17) is 0 Å². The highest BCUT2D eigenvalue weighted by Gasteiger charge is 2.16. The minimum atomic E-state index is -0.117. The average Bonchev–Trinajstić information content (AvgIpc) is 2.59. The molecule has 0 bridgehead atoms. The maximum atomic E-state index is 11.9. The lowest BCUT2D eigenvalue weighted by Gasteiger charge is -2.33. The number of carbonyl (C=O) groups excluding carboxylic acids is 2. The number of carbonyl (C=O) groups is 2. The minimum Gasteiger partial charge on any atom is -0.367 e. The lowest BCUT2D eigenvalue weighted by Crippen LogP contribution is -2.45. The van der Waals surface area contributed by atoms with Gasteiger partial charge in [0, 0.05) is 32.7 Å². The van der Waals surface area contributed by atoms with Crippen molar-refractivity contribution in [2.75, 3.05) is 37.6 Å². The van der Waals surface area contributed by atoms with Gasteiger partial charge >= 0.3 is 0 Å². The molecule has 1 fully saturated rings. The first kappa shape index (κ1) is 16.3. The Kier molecular flexibility index (Phi) is 6.18. The number of nitrogens with one attached hydrogen (secondary N) is 1. The number of nitrogens with zero attached hydrogens (tertiary/aromatic N) is 3. The standard InChI is InChI=1S/C16H24N4O2/c1-2-3-4-7-17-16(22)15-6-5-14(12-18-15)20-10-8-19(13-21)9-11-20/h5-6,12-13H,2-4,7-11H2,1H3,(H,17,22). The Morgan fingerprint density at radius 1 is 1.27 bits per heavy atom. The van der Waals surface area contributed by atoms with Crippen molar-refractivity contribution in [3.8, 4) is 0 Å². The third kappa shape index (κ3) is 4.44. The van der Waals surface area contributed by atoms with Crippen molar-refractivity contribution in [3.63, 3.8) is 0 Å². The van der Waals surface area contributed by atoms with Crippen molar-refractivity contribution in [2.45, 2.75) is 26.2 Å². The van der Waals surface area contributed by atoms with Gasteiger partial charge in [0.1, 0.15) is 5.69 Å². The van der Waals surface area contributed by atoms with E-state index in [9.17, 15) is 9.59 Å². The highest BCUT2D eigenvalue weighted by molar-refractivity contribution is 5.92. The Morgan fingerprint density at radius 3 is 2.64 bits per heavy atom. The van der Waals surface area contributed by atoms with Crippen LogP contribution in [-0.2, 0) is 4.79 Å². The average molecular weight is 304 g/mol. The van der Waals surface area contributed by atoms with Crippen LogP contribution in [0.5, 0.6) is 0 Å². The summed E-state index contributed by atoms with van der Waals surface area (Å²) >= 11 is 0. The fourth-order valence-electron chi connectivity index (χ4n) is 2.46. The Hall–Kier alpha value is -2.11. The molecule has 120 valence electrons. The molecule has 1 aliphatic rings. The monoisotopic (exact) mass is 304 g/mol. The summed E-state index contributed by atoms with van der Waals surface area (Å²) in [6.45, 7) is 5.87. The molecule has 0 unspecified atom stereocenters. The Bertz CT molecular complexity index is 481. The van der Waals surface area contributed by atoms with Gasteiger partial charge in [-0.25, -0.2) is 4.98 Å². The number of hydrogen-bond donors (Lipinski definition) is 1. The lowest BCUT2D eigenvalue weighted by atomic mass is 10.2. The van der Waals surface area contributed by atoms with Gasteiger partial charge in [-0.2, -0.15) is 0 Å². The van der Waals surface area contributed by atoms with Crippen LogP contribution in [0.15, 0.2) is 18.3 Å². The van der Waals surface area contributed by atoms with Crippen LogP contribution in [0, 0.1) is 0 Å². The summed E-state index contributed by atoms with van der Waals surface area (Å²) in [5, 5.41) is 2.89. The number of hydrogen-bond acceptors (Lipinski definition) is 4. The molecule has 6 heteroatoms. The highest BCUT2D eigenvalue weighted by Crippen LogP contribution is 2.15. The summed E-state index contributed by atoms with van der Waals surface area (Å²) in [4.78, 5) is 30.8. The van der Waals surface area contributed by atoms with Gasteiger partial charge in [-0.15, -0.1) is 0 Å². The third-order valence-electron chi connectivity index (χ3n) is 3.87. The quantitative estimate of drug-likeness (QED) is 0.609. The van der Waals surface area contributed by atoms with E-state index < -0.39 is 0 Å². The molecule has 0 aromatic carbocycles. The van der Waals surface area contributed by atoms with Crippen LogP contribution in [0.4, 0.5) is 5.69 Å². The summed E-state index contributed by atoms with van der Waals surface area (Å²) in [5.41, 5.74) is 1.44. The molecule has 1 aromatic rings. The van der Waals surface area contributed by atoms with Gasteiger partial charge in [0.15, 0.2) is 0 Å². The lowest BCUT2D eigenvalue weighted by molar-refractivity contribution is -0.118.